The fourth-order valence-electron chi connectivity index (χ4n) is 1.89. The van der Waals surface area contributed by atoms with Crippen molar-refractivity contribution < 1.29 is 13.9 Å². The Balaban J connectivity index is 2.05. The van der Waals surface area contributed by atoms with Gasteiger partial charge in [-0.05, 0) is 35.9 Å². The molecular weight excluding hydrogens is 307 g/mol. The Morgan fingerprint density at radius 1 is 1.36 bits per heavy atom. The number of anilines is 1. The predicted molar refractivity (Wildman–Crippen MR) is 81.5 cm³/mol. The quantitative estimate of drug-likeness (QED) is 0.938. The highest BCUT2D eigenvalue weighted by Crippen LogP contribution is 2.21. The van der Waals surface area contributed by atoms with Crippen LogP contribution in [-0.4, -0.2) is 13.0 Å². The average Bonchev–Trinajstić information content (AvgIpc) is 2.47. The summed E-state index contributed by atoms with van der Waals surface area (Å²) in [7, 11) is 1.37. The minimum absolute atomic E-state index is 0.0124. The summed E-state index contributed by atoms with van der Waals surface area (Å²) in [5, 5.41) is 11.7. The van der Waals surface area contributed by atoms with E-state index in [1.165, 1.54) is 31.4 Å². The number of carbonyl (C=O) groups is 1. The maximum absolute atomic E-state index is 13.6. The highest BCUT2D eigenvalue weighted by Gasteiger charge is 2.09. The Hall–Kier alpha value is -2.58. The van der Waals surface area contributed by atoms with Gasteiger partial charge in [-0.15, -0.1) is 0 Å². The van der Waals surface area contributed by atoms with E-state index in [2.05, 4.69) is 5.32 Å². The Bertz CT molecular complexity index is 756. The first-order valence-corrected chi connectivity index (χ1v) is 6.73. The molecule has 2 rings (SSSR count). The van der Waals surface area contributed by atoms with Gasteiger partial charge >= 0.3 is 0 Å². The monoisotopic (exact) mass is 318 g/mol. The molecule has 4 nitrogen and oxygen atoms in total. The summed E-state index contributed by atoms with van der Waals surface area (Å²) in [5.74, 6) is -0.706. The third-order valence-electron chi connectivity index (χ3n) is 2.95. The molecule has 0 aliphatic heterocycles. The third kappa shape index (κ3) is 3.74. The van der Waals surface area contributed by atoms with Crippen molar-refractivity contribution in [2.24, 2.45) is 0 Å². The lowest BCUT2D eigenvalue weighted by molar-refractivity contribution is -0.115. The second-order valence-corrected chi connectivity index (χ2v) is 4.91. The van der Waals surface area contributed by atoms with E-state index in [-0.39, 0.29) is 23.1 Å². The first-order chi connectivity index (χ1) is 10.5. The average molecular weight is 319 g/mol. The van der Waals surface area contributed by atoms with Crippen molar-refractivity contribution in [3.63, 3.8) is 0 Å². The molecule has 1 N–H and O–H groups in total. The number of rotatable bonds is 4. The normalized spacial score (nSPS) is 9.91. The lowest BCUT2D eigenvalue weighted by Crippen LogP contribution is -2.14. The van der Waals surface area contributed by atoms with Crippen molar-refractivity contribution >= 4 is 23.2 Å². The highest BCUT2D eigenvalue weighted by atomic mass is 35.5. The molecule has 112 valence electrons. The van der Waals surface area contributed by atoms with E-state index >= 15 is 0 Å². The molecular formula is C16H12ClFN2O2. The number of nitrogens with one attached hydrogen (secondary N) is 1. The van der Waals surface area contributed by atoms with Gasteiger partial charge < -0.3 is 10.1 Å². The zero-order chi connectivity index (χ0) is 16.1. The van der Waals surface area contributed by atoms with Crippen LogP contribution in [0.5, 0.6) is 5.75 Å². The molecule has 0 aliphatic rings. The molecule has 0 radical (unpaired) electrons. The number of amides is 1. The van der Waals surface area contributed by atoms with Gasteiger partial charge in [-0.2, -0.15) is 5.26 Å². The van der Waals surface area contributed by atoms with Gasteiger partial charge in [0.1, 0.15) is 6.07 Å². The van der Waals surface area contributed by atoms with Gasteiger partial charge in [0.05, 0.1) is 24.1 Å². The van der Waals surface area contributed by atoms with Crippen LogP contribution in [0.25, 0.3) is 0 Å². The molecule has 2 aromatic rings. The molecule has 0 heterocycles. The molecule has 0 fully saturated rings. The van der Waals surface area contributed by atoms with Gasteiger partial charge in [0.15, 0.2) is 11.6 Å². The van der Waals surface area contributed by atoms with Crippen LogP contribution in [0.1, 0.15) is 11.1 Å². The van der Waals surface area contributed by atoms with Crippen LogP contribution in [0, 0.1) is 17.1 Å². The van der Waals surface area contributed by atoms with Crippen molar-refractivity contribution in [1.29, 1.82) is 5.26 Å². The molecule has 0 aliphatic carbocycles. The Morgan fingerprint density at radius 2 is 2.14 bits per heavy atom. The van der Waals surface area contributed by atoms with Crippen LogP contribution >= 0.6 is 11.6 Å². The molecule has 0 spiro atoms. The fourth-order valence-corrected chi connectivity index (χ4v) is 2.12. The second-order valence-electron chi connectivity index (χ2n) is 4.50. The van der Waals surface area contributed by atoms with Crippen molar-refractivity contribution in [3.8, 4) is 11.8 Å². The van der Waals surface area contributed by atoms with Crippen LogP contribution in [-0.2, 0) is 11.2 Å². The predicted octanol–water partition coefficient (Wildman–Crippen LogP) is 3.54. The number of methoxy groups -OCH3 is 1. The van der Waals surface area contributed by atoms with Crippen LogP contribution < -0.4 is 10.1 Å². The molecule has 0 aromatic heterocycles. The number of nitrogens with zero attached hydrogens (tertiary/aromatic N) is 1. The Morgan fingerprint density at radius 3 is 2.73 bits per heavy atom. The summed E-state index contributed by atoms with van der Waals surface area (Å²) in [6.45, 7) is 0. The summed E-state index contributed by atoms with van der Waals surface area (Å²) in [6, 6.07) is 10.9. The number of ether oxygens (including phenoxy) is 1. The first kappa shape index (κ1) is 15.8. The van der Waals surface area contributed by atoms with Crippen molar-refractivity contribution in [3.05, 3.63) is 58.4 Å². The molecule has 0 saturated carbocycles. The minimum Gasteiger partial charge on any atom is -0.494 e. The van der Waals surface area contributed by atoms with Gasteiger partial charge in [-0.25, -0.2) is 4.39 Å². The van der Waals surface area contributed by atoms with E-state index in [1.54, 1.807) is 12.1 Å². The lowest BCUT2D eigenvalue weighted by atomic mass is 10.1. The maximum atomic E-state index is 13.6. The minimum atomic E-state index is -0.519. The van der Waals surface area contributed by atoms with E-state index in [0.29, 0.717) is 16.8 Å². The Kier molecular flexibility index (Phi) is 4.97. The smallest absolute Gasteiger partial charge is 0.228 e. The van der Waals surface area contributed by atoms with Crippen molar-refractivity contribution in [1.82, 2.24) is 0 Å². The molecule has 0 bridgehead atoms. The molecule has 0 saturated heterocycles. The van der Waals surface area contributed by atoms with Crippen LogP contribution in [0.4, 0.5) is 10.1 Å². The number of nitriles is 1. The van der Waals surface area contributed by atoms with E-state index in [1.807, 2.05) is 6.07 Å². The third-order valence-corrected chi connectivity index (χ3v) is 3.27. The van der Waals surface area contributed by atoms with Crippen LogP contribution in [0.2, 0.25) is 5.02 Å². The van der Waals surface area contributed by atoms with Crippen molar-refractivity contribution in [2.75, 3.05) is 12.4 Å². The van der Waals surface area contributed by atoms with E-state index in [4.69, 9.17) is 21.6 Å². The molecule has 1 amide bonds. The topological polar surface area (TPSA) is 62.1 Å². The van der Waals surface area contributed by atoms with Gasteiger partial charge in [0.25, 0.3) is 0 Å². The zero-order valence-electron chi connectivity index (χ0n) is 11.7. The lowest BCUT2D eigenvalue weighted by Gasteiger charge is -2.07. The molecule has 0 atom stereocenters. The summed E-state index contributed by atoms with van der Waals surface area (Å²) in [5.41, 5.74) is 1.33. The van der Waals surface area contributed by atoms with E-state index in [9.17, 15) is 9.18 Å². The SMILES string of the molecule is COc1ccc(CC(=O)Nc2ccc(C#N)c(Cl)c2)cc1F. The van der Waals surface area contributed by atoms with Gasteiger partial charge in [-0.1, -0.05) is 17.7 Å². The number of hydrogen-bond donors (Lipinski definition) is 1. The number of halogens is 2. The molecule has 0 unspecified atom stereocenters. The van der Waals surface area contributed by atoms with Gasteiger partial charge in [-0.3, -0.25) is 4.79 Å². The highest BCUT2D eigenvalue weighted by molar-refractivity contribution is 6.32. The fraction of sp³-hybridized carbons (Fsp3) is 0.125. The van der Waals surface area contributed by atoms with Gasteiger partial charge in [0, 0.05) is 5.69 Å². The second kappa shape index (κ2) is 6.92. The summed E-state index contributed by atoms with van der Waals surface area (Å²) in [4.78, 5) is 11.9. The van der Waals surface area contributed by atoms with Gasteiger partial charge in [0.2, 0.25) is 5.91 Å². The van der Waals surface area contributed by atoms with E-state index in [0.717, 1.165) is 0 Å². The summed E-state index contributed by atoms with van der Waals surface area (Å²) in [6.07, 6.45) is 0.0124. The van der Waals surface area contributed by atoms with E-state index < -0.39 is 5.82 Å². The molecule has 2 aromatic carbocycles. The van der Waals surface area contributed by atoms with Crippen LogP contribution in [0.15, 0.2) is 36.4 Å². The number of benzene rings is 2. The summed E-state index contributed by atoms with van der Waals surface area (Å²) >= 11 is 5.89. The van der Waals surface area contributed by atoms with Crippen molar-refractivity contribution in [2.45, 2.75) is 6.42 Å². The number of carbonyl (C=O) groups excluding carboxylic acids is 1. The first-order valence-electron chi connectivity index (χ1n) is 6.35. The summed E-state index contributed by atoms with van der Waals surface area (Å²) < 4.78 is 18.4. The standard InChI is InChI=1S/C16H12ClFN2O2/c1-22-15-5-2-10(6-14(15)18)7-16(21)20-12-4-3-11(9-19)13(17)8-12/h2-6,8H,7H2,1H3,(H,20,21). The van der Waals surface area contributed by atoms with Crippen LogP contribution in [0.3, 0.4) is 0 Å². The Labute approximate surface area is 132 Å². The number of hydrogen-bond acceptors (Lipinski definition) is 3. The molecule has 6 heteroatoms. The molecule has 22 heavy (non-hydrogen) atoms. The largest absolute Gasteiger partial charge is 0.494 e. The zero-order valence-corrected chi connectivity index (χ0v) is 12.4. The maximum Gasteiger partial charge on any atom is 0.228 e.